The molecule has 0 saturated heterocycles. The van der Waals surface area contributed by atoms with Crippen LogP contribution in [0.2, 0.25) is 0 Å². The van der Waals surface area contributed by atoms with Crippen LogP contribution in [0, 0.1) is 0 Å². The minimum absolute atomic E-state index is 0.235. The fourth-order valence-electron chi connectivity index (χ4n) is 8.85. The Morgan fingerprint density at radius 1 is 0.691 bits per heavy atom. The van der Waals surface area contributed by atoms with Crippen LogP contribution >= 0.6 is 34.9 Å². The van der Waals surface area contributed by atoms with Crippen LogP contribution in [-0.4, -0.2) is 32.2 Å². The molecule has 8 aromatic rings. The van der Waals surface area contributed by atoms with Crippen LogP contribution in [0.5, 0.6) is 0 Å². The molecular formula is C44H34N3O4S4+. The molecule has 2 aliphatic heterocycles. The van der Waals surface area contributed by atoms with Crippen LogP contribution in [0.1, 0.15) is 38.8 Å². The first-order chi connectivity index (χ1) is 26.2. The van der Waals surface area contributed by atoms with Gasteiger partial charge in [0.15, 0.2) is 0 Å². The van der Waals surface area contributed by atoms with Crippen molar-refractivity contribution in [1.82, 2.24) is 0 Å². The van der Waals surface area contributed by atoms with Crippen molar-refractivity contribution in [3.63, 3.8) is 0 Å². The lowest BCUT2D eigenvalue weighted by Gasteiger charge is -2.43. The fraction of sp³-hybridized carbons (Fsp3) is 0.182. The molecule has 0 fully saturated rings. The number of fused-ring (bicyclic) bond motifs is 12. The van der Waals surface area contributed by atoms with Gasteiger partial charge >= 0.3 is 11.2 Å². The minimum Gasteiger partial charge on any atom is -0.365 e. The summed E-state index contributed by atoms with van der Waals surface area (Å²) >= 11 is 8.49. The SMILES string of the molecule is CN1c2cc3[o+]c4cc5c(cc4c(-c4cc(N=C=S)ccc4S(=O)(=O)O)c3cc2-c2sc3ccccc3c2C1(C)C)-c1sc2ccccc2c1C(C)(C)N5C. The molecule has 11 heteroatoms. The summed E-state index contributed by atoms with van der Waals surface area (Å²) in [7, 11) is -0.472. The van der Waals surface area contributed by atoms with E-state index in [9.17, 15) is 13.0 Å². The first-order valence-corrected chi connectivity index (χ1v) is 21.3. The molecule has 0 saturated carbocycles. The Morgan fingerprint density at radius 2 is 1.18 bits per heavy atom. The highest BCUT2D eigenvalue weighted by Gasteiger charge is 2.42. The van der Waals surface area contributed by atoms with Gasteiger partial charge in [0.25, 0.3) is 10.1 Å². The van der Waals surface area contributed by atoms with E-state index in [-0.39, 0.29) is 16.0 Å². The average molecular weight is 797 g/mol. The highest BCUT2D eigenvalue weighted by atomic mass is 32.2. The summed E-state index contributed by atoms with van der Waals surface area (Å²) in [5.74, 6) is 0. The quantitative estimate of drug-likeness (QED) is 0.0626. The van der Waals surface area contributed by atoms with Gasteiger partial charge in [-0.2, -0.15) is 13.4 Å². The van der Waals surface area contributed by atoms with Gasteiger partial charge < -0.3 is 9.80 Å². The molecule has 0 amide bonds. The zero-order valence-electron chi connectivity index (χ0n) is 30.8. The molecule has 0 atom stereocenters. The third-order valence-corrected chi connectivity index (χ3v) is 15.4. The Morgan fingerprint density at radius 3 is 1.65 bits per heavy atom. The number of thiophene rings is 2. The summed E-state index contributed by atoms with van der Waals surface area (Å²) in [6.07, 6.45) is 0. The van der Waals surface area contributed by atoms with E-state index in [1.165, 1.54) is 43.4 Å². The Hall–Kier alpha value is -5.00. The van der Waals surface area contributed by atoms with Crippen molar-refractivity contribution >= 4 is 109 Å². The Balaban J connectivity index is 1.39. The van der Waals surface area contributed by atoms with E-state index < -0.39 is 10.1 Å². The predicted molar refractivity (Wildman–Crippen MR) is 233 cm³/mol. The maximum absolute atomic E-state index is 13.2. The van der Waals surface area contributed by atoms with Gasteiger partial charge in [-0.15, -0.1) is 22.7 Å². The van der Waals surface area contributed by atoms with E-state index >= 15 is 0 Å². The molecule has 2 aliphatic rings. The number of benzene rings is 5. The summed E-state index contributed by atoms with van der Waals surface area (Å²) in [6.45, 7) is 8.98. The molecule has 7 nitrogen and oxygen atoms in total. The highest BCUT2D eigenvalue weighted by molar-refractivity contribution is 7.86. The van der Waals surface area contributed by atoms with Gasteiger partial charge in [0, 0.05) is 66.6 Å². The van der Waals surface area contributed by atoms with Crippen molar-refractivity contribution in [2.45, 2.75) is 43.7 Å². The molecule has 0 unspecified atom stereocenters. The number of hydrogen-bond acceptors (Lipinski definition) is 8. The molecule has 1 N–H and O–H groups in total. The molecule has 5 heterocycles. The smallest absolute Gasteiger partial charge is 0.363 e. The maximum atomic E-state index is 13.2. The lowest BCUT2D eigenvalue weighted by molar-refractivity contribution is 0.483. The normalized spacial score (nSPS) is 15.5. The second kappa shape index (κ2) is 11.5. The van der Waals surface area contributed by atoms with Crippen molar-refractivity contribution in [1.29, 1.82) is 0 Å². The summed E-state index contributed by atoms with van der Waals surface area (Å²) < 4.78 is 46.6. The van der Waals surface area contributed by atoms with E-state index in [1.807, 2.05) is 0 Å². The van der Waals surface area contributed by atoms with Crippen molar-refractivity contribution in [2.75, 3.05) is 23.9 Å². The van der Waals surface area contributed by atoms with E-state index in [1.54, 1.807) is 28.7 Å². The second-order valence-electron chi connectivity index (χ2n) is 15.4. The molecule has 55 heavy (non-hydrogen) atoms. The fourth-order valence-corrected chi connectivity index (χ4v) is 12.4. The first-order valence-electron chi connectivity index (χ1n) is 17.8. The van der Waals surface area contributed by atoms with E-state index in [4.69, 9.17) is 16.6 Å². The number of anilines is 2. The van der Waals surface area contributed by atoms with Crippen LogP contribution in [0.25, 0.3) is 74.1 Å². The molecule has 5 aromatic carbocycles. The standard InChI is InChI=1S/C44H33N3O4S4/c1-43(2)39-24-11-7-9-13-35(24)53-41(39)26-18-28-33(20-31(26)46(43)5)51-34-21-32-27(42-40(44(3,4)47(32)6)25-12-8-10-14-36(25)54-42)19-29(34)38(28)30-17-23(45-22-52)15-16-37(30)55(48,49)50/h7-21H,1-6H3/p+1. The lowest BCUT2D eigenvalue weighted by Crippen LogP contribution is -2.41. The van der Waals surface area contributed by atoms with Gasteiger partial charge in [-0.3, -0.25) is 4.55 Å². The third kappa shape index (κ3) is 4.75. The number of hydrogen-bond donors (Lipinski definition) is 1. The monoisotopic (exact) mass is 796 g/mol. The highest BCUT2D eigenvalue weighted by Crippen LogP contribution is 2.58. The first kappa shape index (κ1) is 34.5. The Labute approximate surface area is 331 Å². The maximum Gasteiger partial charge on any atom is 0.363 e. The average Bonchev–Trinajstić information content (AvgIpc) is 3.75. The topological polar surface area (TPSA) is 84.5 Å². The van der Waals surface area contributed by atoms with Gasteiger partial charge in [0.05, 0.1) is 56.2 Å². The molecule has 0 spiro atoms. The molecule has 272 valence electrons. The lowest BCUT2D eigenvalue weighted by atomic mass is 9.82. The Bertz CT molecular complexity index is 3030. The molecule has 0 aliphatic carbocycles. The summed E-state index contributed by atoms with van der Waals surface area (Å²) in [6, 6.07) is 30.0. The molecule has 0 bridgehead atoms. The number of rotatable bonds is 3. The van der Waals surface area contributed by atoms with Crippen molar-refractivity contribution in [3.8, 4) is 32.0 Å². The van der Waals surface area contributed by atoms with Crippen molar-refractivity contribution in [3.05, 3.63) is 102 Å². The summed E-state index contributed by atoms with van der Waals surface area (Å²) in [5.41, 5.74) is 8.35. The number of thiocarbonyl (C=S) groups is 1. The minimum atomic E-state index is -4.70. The number of nitrogens with zero attached hydrogens (tertiary/aromatic N) is 3. The molecule has 10 rings (SSSR count). The van der Waals surface area contributed by atoms with Crippen LogP contribution in [0.15, 0.2) is 105 Å². The van der Waals surface area contributed by atoms with E-state index in [2.05, 4.69) is 135 Å². The largest absolute Gasteiger partial charge is 0.365 e. The van der Waals surface area contributed by atoms with E-state index in [0.717, 1.165) is 32.3 Å². The molecule has 0 radical (unpaired) electrons. The zero-order valence-corrected chi connectivity index (χ0v) is 34.1. The predicted octanol–water partition coefficient (Wildman–Crippen LogP) is 12.6. The zero-order chi connectivity index (χ0) is 38.3. The van der Waals surface area contributed by atoms with Gasteiger partial charge in [-0.05, 0) is 93.1 Å². The molecular weight excluding hydrogens is 763 g/mol. The number of isothiocyanates is 1. The van der Waals surface area contributed by atoms with E-state index in [0.29, 0.717) is 38.8 Å². The van der Waals surface area contributed by atoms with Gasteiger partial charge in [0.2, 0.25) is 0 Å². The number of aliphatic imine (C=N–C) groups is 1. The summed E-state index contributed by atoms with van der Waals surface area (Å²) in [4.78, 5) is 10.9. The van der Waals surface area contributed by atoms with Crippen LogP contribution < -0.4 is 9.80 Å². The van der Waals surface area contributed by atoms with Crippen LogP contribution in [0.3, 0.4) is 0 Å². The van der Waals surface area contributed by atoms with Gasteiger partial charge in [-0.25, -0.2) is 4.42 Å². The van der Waals surface area contributed by atoms with Gasteiger partial charge in [-0.1, -0.05) is 36.4 Å². The van der Waals surface area contributed by atoms with Crippen molar-refractivity contribution < 1.29 is 17.4 Å². The van der Waals surface area contributed by atoms with Crippen LogP contribution in [-0.2, 0) is 21.2 Å². The van der Waals surface area contributed by atoms with Crippen LogP contribution in [0.4, 0.5) is 17.1 Å². The third-order valence-electron chi connectivity index (χ3n) is 11.9. The second-order valence-corrected chi connectivity index (χ2v) is 19.1. The molecule has 3 aromatic heterocycles. The Kier molecular flexibility index (Phi) is 7.22. The summed E-state index contributed by atoms with van der Waals surface area (Å²) in [5, 5.41) is 6.26. The van der Waals surface area contributed by atoms with Gasteiger partial charge in [0.1, 0.15) is 4.90 Å². The van der Waals surface area contributed by atoms with Crippen molar-refractivity contribution in [2.24, 2.45) is 4.99 Å².